The predicted octanol–water partition coefficient (Wildman–Crippen LogP) is 6.27. The van der Waals surface area contributed by atoms with Gasteiger partial charge >= 0.3 is 0 Å². The third-order valence-corrected chi connectivity index (χ3v) is 5.51. The SMILES string of the molecule is c1ccc(-c2cccc3c2sc2cc4ccccc4cc23)nc1. The summed E-state index contributed by atoms with van der Waals surface area (Å²) in [5, 5.41) is 5.24. The minimum absolute atomic E-state index is 1.04. The number of aromatic nitrogens is 1. The first kappa shape index (κ1) is 12.8. The minimum atomic E-state index is 1.04. The summed E-state index contributed by atoms with van der Waals surface area (Å²) in [4.78, 5) is 4.53. The van der Waals surface area contributed by atoms with Crippen LogP contribution in [0.2, 0.25) is 0 Å². The highest BCUT2D eigenvalue weighted by molar-refractivity contribution is 7.26. The summed E-state index contributed by atoms with van der Waals surface area (Å²) in [5.41, 5.74) is 2.25. The van der Waals surface area contributed by atoms with Gasteiger partial charge in [0.05, 0.1) is 5.69 Å². The maximum Gasteiger partial charge on any atom is 0.0716 e. The molecule has 0 fully saturated rings. The molecular formula is C21H13NS. The van der Waals surface area contributed by atoms with Crippen molar-refractivity contribution >= 4 is 42.3 Å². The van der Waals surface area contributed by atoms with Gasteiger partial charge in [0.2, 0.25) is 0 Å². The van der Waals surface area contributed by atoms with Crippen LogP contribution in [0.4, 0.5) is 0 Å². The van der Waals surface area contributed by atoms with Crippen LogP contribution in [-0.2, 0) is 0 Å². The van der Waals surface area contributed by atoms with Gasteiger partial charge in [0.1, 0.15) is 0 Å². The van der Waals surface area contributed by atoms with E-state index in [0.717, 1.165) is 5.69 Å². The molecule has 2 aromatic heterocycles. The summed E-state index contributed by atoms with van der Waals surface area (Å²) in [5.74, 6) is 0. The van der Waals surface area contributed by atoms with Crippen molar-refractivity contribution in [2.24, 2.45) is 0 Å². The van der Waals surface area contributed by atoms with Gasteiger partial charge in [-0.3, -0.25) is 4.98 Å². The maximum absolute atomic E-state index is 4.53. The van der Waals surface area contributed by atoms with Crippen LogP contribution in [0, 0.1) is 0 Å². The Kier molecular flexibility index (Phi) is 2.73. The Bertz CT molecular complexity index is 1160. The lowest BCUT2D eigenvalue weighted by molar-refractivity contribution is 1.33. The molecule has 2 heterocycles. The molecule has 0 unspecified atom stereocenters. The van der Waals surface area contributed by atoms with Crippen LogP contribution in [0.15, 0.2) is 79.0 Å². The molecule has 108 valence electrons. The molecule has 3 aromatic carbocycles. The van der Waals surface area contributed by atoms with E-state index in [-0.39, 0.29) is 0 Å². The number of rotatable bonds is 1. The lowest BCUT2D eigenvalue weighted by Gasteiger charge is -2.02. The highest BCUT2D eigenvalue weighted by Gasteiger charge is 2.11. The second-order valence-electron chi connectivity index (χ2n) is 5.69. The molecule has 0 bridgehead atoms. The number of fused-ring (bicyclic) bond motifs is 4. The minimum Gasteiger partial charge on any atom is -0.256 e. The van der Waals surface area contributed by atoms with Gasteiger partial charge in [-0.2, -0.15) is 0 Å². The molecule has 5 aromatic rings. The van der Waals surface area contributed by atoms with E-state index in [0.29, 0.717) is 0 Å². The van der Waals surface area contributed by atoms with Gasteiger partial charge in [-0.15, -0.1) is 11.3 Å². The molecule has 0 saturated carbocycles. The van der Waals surface area contributed by atoms with E-state index in [9.17, 15) is 0 Å². The molecule has 0 atom stereocenters. The van der Waals surface area contributed by atoms with Crippen molar-refractivity contribution in [1.29, 1.82) is 0 Å². The summed E-state index contributed by atoms with van der Waals surface area (Å²) in [6.45, 7) is 0. The average molecular weight is 311 g/mol. The molecule has 0 aliphatic carbocycles. The van der Waals surface area contributed by atoms with E-state index < -0.39 is 0 Å². The number of hydrogen-bond donors (Lipinski definition) is 0. The van der Waals surface area contributed by atoms with Crippen molar-refractivity contribution in [3.63, 3.8) is 0 Å². The Hall–Kier alpha value is -2.71. The predicted molar refractivity (Wildman–Crippen MR) is 100 cm³/mol. The molecule has 23 heavy (non-hydrogen) atoms. The molecule has 1 nitrogen and oxygen atoms in total. The zero-order chi connectivity index (χ0) is 15.2. The van der Waals surface area contributed by atoms with E-state index in [1.807, 2.05) is 29.7 Å². The smallest absolute Gasteiger partial charge is 0.0716 e. The standard InChI is InChI=1S/C21H13NS/c1-2-7-15-13-20-18(12-14(15)6-1)16-8-5-9-17(21(16)23-20)19-10-3-4-11-22-19/h1-13H. The first-order chi connectivity index (χ1) is 11.4. The first-order valence-corrected chi connectivity index (χ1v) is 8.47. The number of nitrogens with zero attached hydrogens (tertiary/aromatic N) is 1. The molecule has 0 aliphatic heterocycles. The Balaban J connectivity index is 1.91. The molecule has 0 saturated heterocycles. The highest BCUT2D eigenvalue weighted by atomic mass is 32.1. The van der Waals surface area contributed by atoms with Crippen LogP contribution in [0.5, 0.6) is 0 Å². The Morgan fingerprint density at radius 2 is 1.52 bits per heavy atom. The summed E-state index contributed by atoms with van der Waals surface area (Å²) < 4.78 is 2.65. The number of pyridine rings is 1. The van der Waals surface area contributed by atoms with Gasteiger partial charge < -0.3 is 0 Å². The van der Waals surface area contributed by atoms with E-state index in [2.05, 4.69) is 65.6 Å². The normalized spacial score (nSPS) is 11.5. The Morgan fingerprint density at radius 3 is 2.35 bits per heavy atom. The summed E-state index contributed by atoms with van der Waals surface area (Å²) >= 11 is 1.86. The van der Waals surface area contributed by atoms with Crippen LogP contribution in [-0.4, -0.2) is 4.98 Å². The van der Waals surface area contributed by atoms with Gasteiger partial charge in [0, 0.05) is 31.9 Å². The molecule has 5 rings (SSSR count). The molecule has 0 N–H and O–H groups in total. The van der Waals surface area contributed by atoms with Crippen molar-refractivity contribution < 1.29 is 0 Å². The first-order valence-electron chi connectivity index (χ1n) is 7.65. The topological polar surface area (TPSA) is 12.9 Å². The van der Waals surface area contributed by atoms with Crippen LogP contribution < -0.4 is 0 Å². The number of benzene rings is 3. The lowest BCUT2D eigenvalue weighted by Crippen LogP contribution is -1.81. The van der Waals surface area contributed by atoms with Crippen molar-refractivity contribution in [1.82, 2.24) is 4.98 Å². The lowest BCUT2D eigenvalue weighted by atomic mass is 10.0. The third kappa shape index (κ3) is 1.96. The fourth-order valence-corrected chi connectivity index (χ4v) is 4.46. The van der Waals surface area contributed by atoms with Gasteiger partial charge in [0.25, 0.3) is 0 Å². The highest BCUT2D eigenvalue weighted by Crippen LogP contribution is 2.40. The number of thiophene rings is 1. The molecular weight excluding hydrogens is 298 g/mol. The summed E-state index contributed by atoms with van der Waals surface area (Å²) in [7, 11) is 0. The van der Waals surface area contributed by atoms with Crippen LogP contribution >= 0.6 is 11.3 Å². The fourth-order valence-electron chi connectivity index (χ4n) is 3.21. The van der Waals surface area contributed by atoms with Crippen molar-refractivity contribution in [2.45, 2.75) is 0 Å². The van der Waals surface area contributed by atoms with Gasteiger partial charge in [-0.25, -0.2) is 0 Å². The van der Waals surface area contributed by atoms with Crippen LogP contribution in [0.25, 0.3) is 42.2 Å². The van der Waals surface area contributed by atoms with Crippen LogP contribution in [0.1, 0.15) is 0 Å². The Labute approximate surface area is 137 Å². The average Bonchev–Trinajstić information content (AvgIpc) is 2.98. The van der Waals surface area contributed by atoms with E-state index >= 15 is 0 Å². The second kappa shape index (κ2) is 4.90. The monoisotopic (exact) mass is 311 g/mol. The second-order valence-corrected chi connectivity index (χ2v) is 6.75. The van der Waals surface area contributed by atoms with Crippen molar-refractivity contribution in [3.8, 4) is 11.3 Å². The molecule has 0 aliphatic rings. The van der Waals surface area contributed by atoms with E-state index in [4.69, 9.17) is 0 Å². The molecule has 0 spiro atoms. The van der Waals surface area contributed by atoms with E-state index in [1.54, 1.807) is 0 Å². The van der Waals surface area contributed by atoms with E-state index in [1.165, 1.54) is 36.5 Å². The zero-order valence-electron chi connectivity index (χ0n) is 12.4. The Morgan fingerprint density at radius 1 is 0.696 bits per heavy atom. The van der Waals surface area contributed by atoms with Crippen molar-refractivity contribution in [2.75, 3.05) is 0 Å². The molecule has 0 radical (unpaired) electrons. The fraction of sp³-hybridized carbons (Fsp3) is 0. The van der Waals surface area contributed by atoms with Crippen molar-refractivity contribution in [3.05, 3.63) is 79.0 Å². The largest absolute Gasteiger partial charge is 0.256 e. The van der Waals surface area contributed by atoms with Gasteiger partial charge in [0.15, 0.2) is 0 Å². The molecule has 0 amide bonds. The molecule has 2 heteroatoms. The quantitative estimate of drug-likeness (QED) is 0.355. The summed E-state index contributed by atoms with van der Waals surface area (Å²) in [6.07, 6.45) is 1.86. The number of hydrogen-bond acceptors (Lipinski definition) is 2. The maximum atomic E-state index is 4.53. The third-order valence-electron chi connectivity index (χ3n) is 4.31. The summed E-state index contributed by atoms with van der Waals surface area (Å²) in [6, 6.07) is 25.8. The zero-order valence-corrected chi connectivity index (χ0v) is 13.2. The van der Waals surface area contributed by atoms with Gasteiger partial charge in [-0.05, 0) is 35.0 Å². The van der Waals surface area contributed by atoms with Crippen LogP contribution in [0.3, 0.4) is 0 Å². The van der Waals surface area contributed by atoms with Gasteiger partial charge in [-0.1, -0.05) is 48.5 Å².